The van der Waals surface area contributed by atoms with E-state index >= 15 is 0 Å². The Kier molecular flexibility index (Phi) is 2.67. The summed E-state index contributed by atoms with van der Waals surface area (Å²) >= 11 is 0. The fraction of sp³-hybridized carbons (Fsp3) is 1.00. The van der Waals surface area contributed by atoms with Crippen molar-refractivity contribution < 1.29 is 4.74 Å². The number of rotatable bonds is 0. The second-order valence-corrected chi connectivity index (χ2v) is 8.46. The maximum atomic E-state index is 5.65. The molecule has 6 heteroatoms. The SMILES string of the molecule is C1COC2(CN1)SSSS2. The lowest BCUT2D eigenvalue weighted by Gasteiger charge is -2.30. The van der Waals surface area contributed by atoms with Gasteiger partial charge in [0.2, 0.25) is 0 Å². The molecular weight excluding hydrogens is 206 g/mol. The van der Waals surface area contributed by atoms with Crippen LogP contribution in [-0.4, -0.2) is 24.0 Å². The van der Waals surface area contributed by atoms with E-state index in [1.807, 2.05) is 41.2 Å². The average Bonchev–Trinajstić information content (AvgIpc) is 2.39. The van der Waals surface area contributed by atoms with Crippen molar-refractivity contribution in [1.29, 1.82) is 0 Å². The van der Waals surface area contributed by atoms with Crippen molar-refractivity contribution >= 4 is 41.2 Å². The van der Waals surface area contributed by atoms with Crippen LogP contribution in [0.1, 0.15) is 0 Å². The summed E-state index contributed by atoms with van der Waals surface area (Å²) in [5.74, 6) is 0. The van der Waals surface area contributed by atoms with Gasteiger partial charge in [-0.1, -0.05) is 0 Å². The molecule has 2 rings (SSSR count). The molecule has 2 saturated heterocycles. The molecule has 0 aromatic rings. The number of morpholine rings is 1. The fourth-order valence-corrected chi connectivity index (χ4v) is 9.58. The zero-order chi connectivity index (χ0) is 6.86. The molecule has 0 saturated carbocycles. The summed E-state index contributed by atoms with van der Waals surface area (Å²) in [6.45, 7) is 2.82. The quantitative estimate of drug-likeness (QED) is 0.617. The lowest BCUT2D eigenvalue weighted by atomic mass is 10.5. The van der Waals surface area contributed by atoms with Crippen molar-refractivity contribution in [3.8, 4) is 0 Å². The van der Waals surface area contributed by atoms with E-state index in [1.165, 1.54) is 0 Å². The topological polar surface area (TPSA) is 21.3 Å². The van der Waals surface area contributed by atoms with E-state index in [2.05, 4.69) is 5.32 Å². The molecule has 0 bridgehead atoms. The van der Waals surface area contributed by atoms with Crippen LogP contribution in [0.15, 0.2) is 0 Å². The highest BCUT2D eigenvalue weighted by atomic mass is 33.7. The normalized spacial score (nSPS) is 31.2. The van der Waals surface area contributed by atoms with E-state index in [-0.39, 0.29) is 4.27 Å². The minimum absolute atomic E-state index is 0.0214. The molecule has 2 aliphatic rings. The van der Waals surface area contributed by atoms with Crippen molar-refractivity contribution in [1.82, 2.24) is 5.32 Å². The van der Waals surface area contributed by atoms with E-state index in [0.717, 1.165) is 19.7 Å². The van der Waals surface area contributed by atoms with Gasteiger partial charge in [0.25, 0.3) is 0 Å². The smallest absolute Gasteiger partial charge is 0.193 e. The van der Waals surface area contributed by atoms with E-state index in [0.29, 0.717) is 0 Å². The molecule has 2 fully saturated rings. The Morgan fingerprint density at radius 1 is 1.30 bits per heavy atom. The van der Waals surface area contributed by atoms with Gasteiger partial charge in [-0.15, -0.1) is 0 Å². The Hall–Kier alpha value is 1.32. The van der Waals surface area contributed by atoms with Gasteiger partial charge in [0.15, 0.2) is 4.27 Å². The molecular formula is C4H7NOS4. The van der Waals surface area contributed by atoms with Crippen LogP contribution in [-0.2, 0) is 4.74 Å². The Morgan fingerprint density at radius 3 is 2.70 bits per heavy atom. The van der Waals surface area contributed by atoms with Gasteiger partial charge in [-0.3, -0.25) is 0 Å². The van der Waals surface area contributed by atoms with Crippen LogP contribution in [0.4, 0.5) is 0 Å². The Bertz CT molecular complexity index is 118. The van der Waals surface area contributed by atoms with Crippen LogP contribution in [0.2, 0.25) is 0 Å². The van der Waals surface area contributed by atoms with Crippen molar-refractivity contribution in [3.63, 3.8) is 0 Å². The van der Waals surface area contributed by atoms with E-state index < -0.39 is 0 Å². The molecule has 2 nitrogen and oxygen atoms in total. The summed E-state index contributed by atoms with van der Waals surface area (Å²) < 4.78 is 5.67. The highest BCUT2D eigenvalue weighted by Gasteiger charge is 2.40. The molecule has 0 aromatic heterocycles. The first-order chi connectivity index (χ1) is 4.91. The van der Waals surface area contributed by atoms with E-state index in [4.69, 9.17) is 4.74 Å². The standard InChI is InChI=1S/C4H7NOS4/c1-2-6-4(3-5-1)7-9-10-8-4/h5H,1-3H2. The van der Waals surface area contributed by atoms with Gasteiger partial charge in [-0.25, -0.2) is 0 Å². The number of nitrogens with one attached hydrogen (secondary N) is 1. The summed E-state index contributed by atoms with van der Waals surface area (Å²) in [6, 6.07) is 0. The van der Waals surface area contributed by atoms with Gasteiger partial charge in [0, 0.05) is 13.1 Å². The minimum Gasteiger partial charge on any atom is -0.351 e. The average molecular weight is 213 g/mol. The molecule has 0 radical (unpaired) electrons. The maximum absolute atomic E-state index is 5.65. The number of ether oxygens (including phenoxy) is 1. The molecule has 0 aliphatic carbocycles. The van der Waals surface area contributed by atoms with Crippen LogP contribution < -0.4 is 5.32 Å². The molecule has 2 aliphatic heterocycles. The van der Waals surface area contributed by atoms with E-state index in [9.17, 15) is 0 Å². The van der Waals surface area contributed by atoms with Crippen molar-refractivity contribution in [2.75, 3.05) is 19.7 Å². The van der Waals surface area contributed by atoms with Gasteiger partial charge in [-0.2, -0.15) is 0 Å². The zero-order valence-electron chi connectivity index (χ0n) is 5.16. The minimum atomic E-state index is 0.0214. The van der Waals surface area contributed by atoms with Crippen LogP contribution in [0.3, 0.4) is 0 Å². The third-order valence-electron chi connectivity index (χ3n) is 1.29. The third-order valence-corrected chi connectivity index (χ3v) is 9.06. The summed E-state index contributed by atoms with van der Waals surface area (Å²) in [4.78, 5) is 0. The molecule has 0 atom stereocenters. The predicted molar refractivity (Wildman–Crippen MR) is 51.9 cm³/mol. The maximum Gasteiger partial charge on any atom is 0.193 e. The zero-order valence-corrected chi connectivity index (χ0v) is 8.43. The summed E-state index contributed by atoms with van der Waals surface area (Å²) in [5, 5.41) is 3.32. The van der Waals surface area contributed by atoms with Crippen molar-refractivity contribution in [2.45, 2.75) is 4.27 Å². The lowest BCUT2D eigenvalue weighted by Crippen LogP contribution is -2.43. The molecule has 0 unspecified atom stereocenters. The molecule has 0 aromatic carbocycles. The van der Waals surface area contributed by atoms with Crippen LogP contribution in [0, 0.1) is 0 Å². The fourth-order valence-electron chi connectivity index (χ4n) is 0.824. The molecule has 1 spiro atoms. The lowest BCUT2D eigenvalue weighted by molar-refractivity contribution is 0.0648. The first kappa shape index (κ1) is 7.94. The monoisotopic (exact) mass is 213 g/mol. The predicted octanol–water partition coefficient (Wildman–Crippen LogP) is 1.95. The van der Waals surface area contributed by atoms with Gasteiger partial charge < -0.3 is 10.1 Å². The van der Waals surface area contributed by atoms with Crippen LogP contribution in [0.25, 0.3) is 0 Å². The molecule has 58 valence electrons. The Labute approximate surface area is 75.2 Å². The Morgan fingerprint density at radius 2 is 2.10 bits per heavy atom. The van der Waals surface area contributed by atoms with Crippen molar-refractivity contribution in [3.05, 3.63) is 0 Å². The third kappa shape index (κ3) is 1.56. The second kappa shape index (κ2) is 3.37. The van der Waals surface area contributed by atoms with Gasteiger partial charge in [0.05, 0.1) is 6.61 Å². The second-order valence-electron chi connectivity index (χ2n) is 2.01. The van der Waals surface area contributed by atoms with Gasteiger partial charge in [0.1, 0.15) is 0 Å². The summed E-state index contributed by atoms with van der Waals surface area (Å²) in [5.41, 5.74) is 0. The first-order valence-electron chi connectivity index (χ1n) is 2.96. The van der Waals surface area contributed by atoms with Gasteiger partial charge >= 0.3 is 0 Å². The summed E-state index contributed by atoms with van der Waals surface area (Å²) in [7, 11) is 7.27. The highest BCUT2D eigenvalue weighted by Crippen LogP contribution is 2.65. The Balaban J connectivity index is 1.98. The number of hydrogen-bond donors (Lipinski definition) is 1. The van der Waals surface area contributed by atoms with Gasteiger partial charge in [-0.05, 0) is 41.2 Å². The molecule has 2 heterocycles. The van der Waals surface area contributed by atoms with E-state index in [1.54, 1.807) is 0 Å². The highest BCUT2D eigenvalue weighted by molar-refractivity contribution is 9.31. The first-order valence-corrected chi connectivity index (χ1v) is 7.78. The number of hydrogen-bond acceptors (Lipinski definition) is 6. The summed E-state index contributed by atoms with van der Waals surface area (Å²) in [6.07, 6.45) is 0. The molecule has 10 heavy (non-hydrogen) atoms. The van der Waals surface area contributed by atoms with Crippen LogP contribution in [0.5, 0.6) is 0 Å². The largest absolute Gasteiger partial charge is 0.351 e. The van der Waals surface area contributed by atoms with Crippen molar-refractivity contribution in [2.24, 2.45) is 0 Å². The molecule has 0 amide bonds. The van der Waals surface area contributed by atoms with Crippen LogP contribution >= 0.6 is 41.2 Å². The molecule has 1 N–H and O–H groups in total.